The predicted octanol–water partition coefficient (Wildman–Crippen LogP) is 1.34. The summed E-state index contributed by atoms with van der Waals surface area (Å²) in [5.74, 6) is 6.36. The molecular formula is C24H37N3O7. The Labute approximate surface area is 201 Å². The van der Waals surface area contributed by atoms with Crippen LogP contribution in [-0.2, 0) is 23.9 Å². The van der Waals surface area contributed by atoms with Gasteiger partial charge in [-0.05, 0) is 30.6 Å². The molecule has 2 aliphatic carbocycles. The fourth-order valence-corrected chi connectivity index (χ4v) is 4.81. The highest BCUT2D eigenvalue weighted by atomic mass is 16.5. The summed E-state index contributed by atoms with van der Waals surface area (Å²) in [5.41, 5.74) is 0. The quantitative estimate of drug-likeness (QED) is 0.375. The van der Waals surface area contributed by atoms with Gasteiger partial charge >= 0.3 is 18.0 Å². The van der Waals surface area contributed by atoms with E-state index in [1.807, 2.05) is 0 Å². The number of carbonyl (C=O) groups is 4. The van der Waals surface area contributed by atoms with Crippen molar-refractivity contribution in [3.05, 3.63) is 0 Å². The Kier molecular flexibility index (Phi) is 10.6. The molecule has 1 aliphatic heterocycles. The second-order valence-corrected chi connectivity index (χ2v) is 8.86. The van der Waals surface area contributed by atoms with E-state index in [0.717, 1.165) is 25.7 Å². The number of nitrogens with one attached hydrogen (secondary N) is 1. The molecule has 0 aromatic heterocycles. The Hall–Kier alpha value is -2.80. The van der Waals surface area contributed by atoms with Crippen LogP contribution in [0.2, 0.25) is 0 Å². The van der Waals surface area contributed by atoms with Crippen LogP contribution in [-0.4, -0.2) is 90.8 Å². The summed E-state index contributed by atoms with van der Waals surface area (Å²) in [7, 11) is 0. The molecule has 3 rings (SSSR count). The first-order valence-corrected chi connectivity index (χ1v) is 11.6. The Bertz CT molecular complexity index is 788. The van der Waals surface area contributed by atoms with E-state index in [-0.39, 0.29) is 52.0 Å². The number of hydrogen-bond acceptors (Lipinski definition) is 7. The minimum atomic E-state index is -0.977. The molecule has 34 heavy (non-hydrogen) atoms. The smallest absolute Gasteiger partial charge is 0.407 e. The van der Waals surface area contributed by atoms with Gasteiger partial charge in [-0.3, -0.25) is 19.3 Å². The number of ether oxygens (including phenoxy) is 2. The van der Waals surface area contributed by atoms with Gasteiger partial charge in [-0.15, -0.1) is 11.8 Å². The van der Waals surface area contributed by atoms with Gasteiger partial charge in [0.2, 0.25) is 5.91 Å². The van der Waals surface area contributed by atoms with Crippen LogP contribution in [0.3, 0.4) is 0 Å². The molecule has 2 fully saturated rings. The molecule has 3 aliphatic rings. The van der Waals surface area contributed by atoms with Gasteiger partial charge in [-0.1, -0.05) is 7.43 Å². The van der Waals surface area contributed by atoms with Crippen molar-refractivity contribution in [3.8, 4) is 11.8 Å². The lowest BCUT2D eigenvalue weighted by Crippen LogP contribution is -2.57. The first-order chi connectivity index (χ1) is 15.8. The molecule has 1 saturated carbocycles. The Morgan fingerprint density at radius 3 is 2.32 bits per heavy atom. The molecule has 190 valence electrons. The number of fused-ring (bicyclic) bond motifs is 1. The number of alkyl carbamates (subject to hydrolysis) is 1. The molecule has 10 nitrogen and oxygen atoms in total. The highest BCUT2D eigenvalue weighted by molar-refractivity contribution is 5.77. The zero-order chi connectivity index (χ0) is 23.8. The number of hydrogen-bond donors (Lipinski definition) is 2. The van der Waals surface area contributed by atoms with E-state index in [1.54, 1.807) is 9.80 Å². The van der Waals surface area contributed by atoms with Crippen molar-refractivity contribution in [1.82, 2.24) is 15.1 Å². The van der Waals surface area contributed by atoms with Crippen LogP contribution in [0, 0.1) is 29.6 Å². The van der Waals surface area contributed by atoms with E-state index in [2.05, 4.69) is 17.2 Å². The molecule has 1 saturated heterocycles. The molecule has 2 amide bonds. The average molecular weight is 480 g/mol. The summed E-state index contributed by atoms with van der Waals surface area (Å²) in [6.07, 6.45) is 3.56. The Balaban J connectivity index is 0.00000408. The van der Waals surface area contributed by atoms with E-state index in [9.17, 15) is 19.2 Å². The number of carboxylic acid groups (broad SMARTS) is 1. The van der Waals surface area contributed by atoms with E-state index in [1.165, 1.54) is 6.92 Å². The fourth-order valence-electron chi connectivity index (χ4n) is 4.81. The molecule has 0 radical (unpaired) electrons. The summed E-state index contributed by atoms with van der Waals surface area (Å²) in [6, 6.07) is -0.388. The summed E-state index contributed by atoms with van der Waals surface area (Å²) in [6.45, 7) is 2.69. The van der Waals surface area contributed by atoms with Gasteiger partial charge in [0, 0.05) is 52.4 Å². The third kappa shape index (κ3) is 8.20. The molecule has 0 aromatic carbocycles. The van der Waals surface area contributed by atoms with Gasteiger partial charge in [-0.25, -0.2) is 4.79 Å². The number of piperazine rings is 1. The SMILES string of the molecule is C.CC(=O)OCC1CN(C(=O)CCNC(=O)OCC2[C@H]3CCC#CCC[C@@H]23)CCN1CC(=O)O. The van der Waals surface area contributed by atoms with Crippen LogP contribution in [0.1, 0.15) is 46.5 Å². The van der Waals surface area contributed by atoms with Crippen LogP contribution < -0.4 is 5.32 Å². The largest absolute Gasteiger partial charge is 0.480 e. The summed E-state index contributed by atoms with van der Waals surface area (Å²) >= 11 is 0. The Morgan fingerprint density at radius 1 is 1.03 bits per heavy atom. The number of carbonyl (C=O) groups excluding carboxylic acids is 3. The number of nitrogens with zero attached hydrogens (tertiary/aromatic N) is 2. The zero-order valence-electron chi connectivity index (χ0n) is 19.1. The van der Waals surface area contributed by atoms with Gasteiger partial charge in [0.1, 0.15) is 6.61 Å². The normalized spacial score (nSPS) is 25.7. The molecule has 0 bridgehead atoms. The average Bonchev–Trinajstić information content (AvgIpc) is 3.39. The molecular weight excluding hydrogens is 442 g/mol. The van der Waals surface area contributed by atoms with E-state index >= 15 is 0 Å². The summed E-state index contributed by atoms with van der Waals surface area (Å²) in [5, 5.41) is 11.7. The summed E-state index contributed by atoms with van der Waals surface area (Å²) < 4.78 is 10.4. The van der Waals surface area contributed by atoms with Crippen molar-refractivity contribution in [2.24, 2.45) is 17.8 Å². The van der Waals surface area contributed by atoms with Crippen LogP contribution in [0.5, 0.6) is 0 Å². The molecule has 0 aromatic rings. The van der Waals surface area contributed by atoms with Crippen LogP contribution >= 0.6 is 0 Å². The molecule has 2 unspecified atom stereocenters. The zero-order valence-corrected chi connectivity index (χ0v) is 19.1. The maximum atomic E-state index is 12.6. The first kappa shape index (κ1) is 27.4. The van der Waals surface area contributed by atoms with Gasteiger partial charge < -0.3 is 24.8 Å². The van der Waals surface area contributed by atoms with Crippen molar-refractivity contribution < 1.29 is 33.8 Å². The second kappa shape index (κ2) is 13.2. The first-order valence-electron chi connectivity index (χ1n) is 11.6. The van der Waals surface area contributed by atoms with E-state index in [0.29, 0.717) is 37.5 Å². The van der Waals surface area contributed by atoms with E-state index < -0.39 is 18.0 Å². The van der Waals surface area contributed by atoms with Gasteiger partial charge in [0.05, 0.1) is 19.2 Å². The summed E-state index contributed by atoms with van der Waals surface area (Å²) in [4.78, 5) is 50.1. The Morgan fingerprint density at radius 2 is 1.71 bits per heavy atom. The molecule has 10 heteroatoms. The van der Waals surface area contributed by atoms with Gasteiger partial charge in [0.25, 0.3) is 0 Å². The number of carboxylic acids is 1. The predicted molar refractivity (Wildman–Crippen MR) is 124 cm³/mol. The fraction of sp³-hybridized carbons (Fsp3) is 0.750. The van der Waals surface area contributed by atoms with Crippen molar-refractivity contribution in [2.45, 2.75) is 52.5 Å². The maximum Gasteiger partial charge on any atom is 0.407 e. The van der Waals surface area contributed by atoms with Crippen LogP contribution in [0.25, 0.3) is 0 Å². The number of amides is 2. The molecule has 1 heterocycles. The van der Waals surface area contributed by atoms with Crippen molar-refractivity contribution in [2.75, 3.05) is 45.9 Å². The van der Waals surface area contributed by atoms with Crippen molar-refractivity contribution in [3.63, 3.8) is 0 Å². The lowest BCUT2D eigenvalue weighted by molar-refractivity contribution is -0.146. The van der Waals surface area contributed by atoms with E-state index in [4.69, 9.17) is 14.6 Å². The molecule has 4 atom stereocenters. The minimum absolute atomic E-state index is 0. The van der Waals surface area contributed by atoms with Gasteiger partial charge in [0.15, 0.2) is 0 Å². The van der Waals surface area contributed by atoms with Crippen molar-refractivity contribution in [1.29, 1.82) is 0 Å². The molecule has 2 N–H and O–H groups in total. The highest BCUT2D eigenvalue weighted by Gasteiger charge is 2.49. The minimum Gasteiger partial charge on any atom is -0.480 e. The number of esters is 1. The highest BCUT2D eigenvalue weighted by Crippen LogP contribution is 2.52. The number of rotatable bonds is 9. The molecule has 0 spiro atoms. The second-order valence-electron chi connectivity index (χ2n) is 8.86. The third-order valence-electron chi connectivity index (χ3n) is 6.63. The van der Waals surface area contributed by atoms with Crippen molar-refractivity contribution >= 4 is 23.9 Å². The lowest BCUT2D eigenvalue weighted by atomic mass is 10.1. The van der Waals surface area contributed by atoms with Crippen LogP contribution in [0.4, 0.5) is 4.79 Å². The van der Waals surface area contributed by atoms with Gasteiger partial charge in [-0.2, -0.15) is 0 Å². The monoisotopic (exact) mass is 479 g/mol. The topological polar surface area (TPSA) is 125 Å². The third-order valence-corrected chi connectivity index (χ3v) is 6.63. The number of aliphatic carboxylic acids is 1. The standard InChI is InChI=1S/C23H33N3O7.CH4/c1-16(27)32-14-17-12-26(11-10-25(17)13-22(29)30)21(28)8-9-24-23(31)33-15-20-18-6-4-2-3-5-7-19(18)20;/h17-20H,4-15H2,1H3,(H,24,31)(H,29,30);1H4/t17?,18-,19+,20?;. The maximum absolute atomic E-state index is 12.6. The van der Waals surface area contributed by atoms with Crippen LogP contribution in [0.15, 0.2) is 0 Å². The lowest BCUT2D eigenvalue weighted by Gasteiger charge is -2.40.